The van der Waals surface area contributed by atoms with Crippen molar-refractivity contribution in [3.05, 3.63) is 0 Å². The summed E-state index contributed by atoms with van der Waals surface area (Å²) in [6, 6.07) is -1.37. The lowest BCUT2D eigenvalue weighted by Gasteiger charge is -2.44. The molecule has 1 aliphatic heterocycles. The van der Waals surface area contributed by atoms with Gasteiger partial charge >= 0.3 is 6.18 Å². The number of piperazine rings is 1. The van der Waals surface area contributed by atoms with Crippen LogP contribution in [0, 0.1) is 5.92 Å². The van der Waals surface area contributed by atoms with Gasteiger partial charge in [-0.25, -0.2) is 0 Å². The molecule has 0 bridgehead atoms. The van der Waals surface area contributed by atoms with E-state index < -0.39 is 12.2 Å². The molecule has 1 atom stereocenters. The van der Waals surface area contributed by atoms with Crippen LogP contribution in [-0.4, -0.2) is 67.5 Å². The number of methoxy groups -OCH3 is 1. The first kappa shape index (κ1) is 21.0. The maximum atomic E-state index is 13.3. The number of halogens is 3. The summed E-state index contributed by atoms with van der Waals surface area (Å²) in [5.41, 5.74) is 0. The Morgan fingerprint density at radius 1 is 1.04 bits per heavy atom. The first-order valence-electron chi connectivity index (χ1n) is 9.89. The topological polar surface area (TPSA) is 15.7 Å². The van der Waals surface area contributed by atoms with Crippen molar-refractivity contribution < 1.29 is 17.9 Å². The van der Waals surface area contributed by atoms with E-state index in [4.69, 9.17) is 4.74 Å². The van der Waals surface area contributed by atoms with E-state index in [1.165, 1.54) is 19.3 Å². The van der Waals surface area contributed by atoms with Crippen LogP contribution in [0.4, 0.5) is 13.2 Å². The van der Waals surface area contributed by atoms with E-state index in [2.05, 4.69) is 0 Å². The van der Waals surface area contributed by atoms with Crippen LogP contribution in [0.3, 0.4) is 0 Å². The number of alkyl halides is 3. The molecule has 2 rings (SSSR count). The van der Waals surface area contributed by atoms with Gasteiger partial charge in [-0.1, -0.05) is 12.8 Å². The second-order valence-corrected chi connectivity index (χ2v) is 8.06. The van der Waals surface area contributed by atoms with Crippen molar-refractivity contribution in [2.24, 2.45) is 5.92 Å². The molecule has 1 saturated heterocycles. The summed E-state index contributed by atoms with van der Waals surface area (Å²) >= 11 is 0. The quantitative estimate of drug-likeness (QED) is 0.626. The highest BCUT2D eigenvalue weighted by Crippen LogP contribution is 2.31. The Labute approximate surface area is 150 Å². The lowest BCUT2D eigenvalue weighted by Crippen LogP contribution is -2.60. The summed E-state index contributed by atoms with van der Waals surface area (Å²) in [6.07, 6.45) is 4.45. The second-order valence-electron chi connectivity index (χ2n) is 8.06. The predicted molar refractivity (Wildman–Crippen MR) is 94.7 cm³/mol. The number of hydrogen-bond acceptors (Lipinski definition) is 3. The summed E-state index contributed by atoms with van der Waals surface area (Å²) in [5.74, 6) is 0.784. The minimum Gasteiger partial charge on any atom is -0.381 e. The van der Waals surface area contributed by atoms with E-state index in [1.807, 2.05) is 18.7 Å². The van der Waals surface area contributed by atoms with Crippen molar-refractivity contribution in [3.8, 4) is 0 Å². The molecular weight excluding hydrogens is 329 g/mol. The minimum absolute atomic E-state index is 0.0593. The molecule has 6 heteroatoms. The van der Waals surface area contributed by atoms with Gasteiger partial charge in [0, 0.05) is 32.8 Å². The third-order valence-corrected chi connectivity index (χ3v) is 6.01. The van der Waals surface area contributed by atoms with Gasteiger partial charge < -0.3 is 9.64 Å². The first-order chi connectivity index (χ1) is 11.8. The molecule has 1 aliphatic carbocycles. The molecule has 0 unspecified atom stereocenters. The van der Waals surface area contributed by atoms with E-state index in [1.54, 1.807) is 12.0 Å². The summed E-state index contributed by atoms with van der Waals surface area (Å²) in [6.45, 7) is 5.90. The molecule has 2 fully saturated rings. The zero-order valence-electron chi connectivity index (χ0n) is 16.0. The van der Waals surface area contributed by atoms with Crippen LogP contribution in [0.1, 0.15) is 58.8 Å². The molecule has 0 aromatic heterocycles. The number of ether oxygens (including phenoxy) is 1. The highest BCUT2D eigenvalue weighted by Gasteiger charge is 2.46. The normalized spacial score (nSPS) is 30.1. The van der Waals surface area contributed by atoms with Crippen molar-refractivity contribution in [2.45, 2.75) is 83.2 Å². The van der Waals surface area contributed by atoms with E-state index in [0.29, 0.717) is 12.6 Å². The average molecular weight is 364 g/mol. The van der Waals surface area contributed by atoms with Crippen LogP contribution in [0.15, 0.2) is 0 Å². The van der Waals surface area contributed by atoms with Crippen molar-refractivity contribution in [3.63, 3.8) is 0 Å². The highest BCUT2D eigenvalue weighted by atomic mass is 19.4. The van der Waals surface area contributed by atoms with Crippen LogP contribution in [-0.2, 0) is 4.74 Å². The number of hydrogen-bond donors (Lipinski definition) is 0. The molecule has 25 heavy (non-hydrogen) atoms. The van der Waals surface area contributed by atoms with Crippen LogP contribution >= 0.6 is 0 Å². The maximum Gasteiger partial charge on any atom is 0.405 e. The Hall–Kier alpha value is -0.330. The first-order valence-corrected chi connectivity index (χ1v) is 9.89. The molecule has 148 valence electrons. The number of rotatable bonds is 7. The molecule has 2 aliphatic rings. The van der Waals surface area contributed by atoms with E-state index in [9.17, 15) is 13.2 Å². The van der Waals surface area contributed by atoms with Crippen LogP contribution in [0.5, 0.6) is 0 Å². The van der Waals surface area contributed by atoms with Crippen molar-refractivity contribution in [1.82, 2.24) is 9.80 Å². The summed E-state index contributed by atoms with van der Waals surface area (Å²) in [5, 5.41) is 0. The van der Waals surface area contributed by atoms with Crippen LogP contribution in [0.25, 0.3) is 0 Å². The molecule has 0 amide bonds. The van der Waals surface area contributed by atoms with E-state index in [0.717, 1.165) is 44.7 Å². The second kappa shape index (κ2) is 9.56. The van der Waals surface area contributed by atoms with Crippen LogP contribution in [0.2, 0.25) is 0 Å². The van der Waals surface area contributed by atoms with Gasteiger partial charge in [-0.15, -0.1) is 0 Å². The summed E-state index contributed by atoms with van der Waals surface area (Å²) in [4.78, 5) is 3.61. The smallest absolute Gasteiger partial charge is 0.381 e. The minimum atomic E-state index is -4.14. The summed E-state index contributed by atoms with van der Waals surface area (Å²) in [7, 11) is 1.79. The van der Waals surface area contributed by atoms with Crippen molar-refractivity contribution in [1.29, 1.82) is 0 Å². The molecule has 0 aromatic carbocycles. The Morgan fingerprint density at radius 2 is 1.72 bits per heavy atom. The van der Waals surface area contributed by atoms with Gasteiger partial charge in [0.1, 0.15) is 6.04 Å². The van der Waals surface area contributed by atoms with Gasteiger partial charge in [0.25, 0.3) is 0 Å². The number of nitrogens with zero attached hydrogens (tertiary/aromatic N) is 2. The molecule has 0 N–H and O–H groups in total. The Kier molecular flexibility index (Phi) is 8.02. The maximum absolute atomic E-state index is 13.3. The molecule has 0 radical (unpaired) electrons. The molecular formula is C19H35F3N2O. The Balaban J connectivity index is 1.68. The zero-order chi connectivity index (χ0) is 18.4. The monoisotopic (exact) mass is 364 g/mol. The third kappa shape index (κ3) is 6.40. The molecule has 1 heterocycles. The van der Waals surface area contributed by atoms with Gasteiger partial charge in [0.05, 0.1) is 6.10 Å². The molecule has 3 nitrogen and oxygen atoms in total. The van der Waals surface area contributed by atoms with E-state index in [-0.39, 0.29) is 12.6 Å². The SMILES string of the molecule is CO[C@H]1CC[C@H](CCCCN2CCN(C(C)C)[C@@H](C(F)(F)F)C2)CC1. The third-order valence-electron chi connectivity index (χ3n) is 6.01. The van der Waals surface area contributed by atoms with Gasteiger partial charge in [-0.05, 0) is 58.4 Å². The summed E-state index contributed by atoms with van der Waals surface area (Å²) < 4.78 is 45.4. The standard InChI is InChI=1S/C19H35F3N2O/c1-15(2)24-13-12-23(14-18(24)19(20,21)22)11-5-4-6-16-7-9-17(25-3)10-8-16/h15-18H,4-14H2,1-3H3/t16-,17-,18-/m1/s1. The Morgan fingerprint density at radius 3 is 2.28 bits per heavy atom. The molecule has 1 saturated carbocycles. The number of unbranched alkanes of at least 4 members (excludes halogenated alkanes) is 1. The van der Waals surface area contributed by atoms with E-state index >= 15 is 0 Å². The fourth-order valence-electron chi connectivity index (χ4n) is 4.39. The average Bonchev–Trinajstić information content (AvgIpc) is 2.58. The lowest BCUT2D eigenvalue weighted by molar-refractivity contribution is -0.202. The van der Waals surface area contributed by atoms with Crippen molar-refractivity contribution >= 4 is 0 Å². The Bertz CT molecular complexity index is 381. The fourth-order valence-corrected chi connectivity index (χ4v) is 4.39. The largest absolute Gasteiger partial charge is 0.405 e. The predicted octanol–water partition coefficient (Wildman–Crippen LogP) is 4.32. The van der Waals surface area contributed by atoms with Crippen molar-refractivity contribution in [2.75, 3.05) is 33.3 Å². The highest BCUT2D eigenvalue weighted by molar-refractivity contribution is 4.88. The molecule has 0 aromatic rings. The fraction of sp³-hybridized carbons (Fsp3) is 1.00. The zero-order valence-corrected chi connectivity index (χ0v) is 16.0. The molecule has 0 spiro atoms. The van der Waals surface area contributed by atoms with Gasteiger partial charge in [0.2, 0.25) is 0 Å². The van der Waals surface area contributed by atoms with Gasteiger partial charge in [0.15, 0.2) is 0 Å². The van der Waals surface area contributed by atoms with Gasteiger partial charge in [-0.3, -0.25) is 4.90 Å². The van der Waals surface area contributed by atoms with Crippen LogP contribution < -0.4 is 0 Å². The lowest BCUT2D eigenvalue weighted by atomic mass is 9.84. The van der Waals surface area contributed by atoms with Gasteiger partial charge in [-0.2, -0.15) is 13.2 Å².